The van der Waals surface area contributed by atoms with E-state index in [1.54, 1.807) is 58.0 Å². The fraction of sp³-hybridized carbons (Fsp3) is 0.455. The minimum absolute atomic E-state index is 0.0526. The molecule has 1 N–H and O–H groups in total. The Kier molecular flexibility index (Phi) is 14.7. The molecule has 0 fully saturated rings. The molecule has 2 rings (SSSR count). The van der Waals surface area contributed by atoms with Crippen molar-refractivity contribution >= 4 is 42.0 Å². The highest BCUT2D eigenvalue weighted by molar-refractivity contribution is 6.40. The molecule has 0 radical (unpaired) electrons. The van der Waals surface area contributed by atoms with E-state index in [-0.39, 0.29) is 23.6 Å². The number of methoxy groups -OCH3 is 1. The third-order valence-electron chi connectivity index (χ3n) is 6.92. The van der Waals surface area contributed by atoms with Crippen LogP contribution < -0.4 is 14.8 Å². The molecule has 4 atom stereocenters. The van der Waals surface area contributed by atoms with Crippen molar-refractivity contribution in [3.8, 4) is 11.5 Å². The van der Waals surface area contributed by atoms with Crippen molar-refractivity contribution in [3.05, 3.63) is 53.9 Å². The van der Waals surface area contributed by atoms with Crippen LogP contribution in [0, 0.1) is 23.7 Å². The number of carbonyl (C=O) groups excluding carboxylic acids is 7. The van der Waals surface area contributed by atoms with Crippen LogP contribution in [0.2, 0.25) is 0 Å². The molecular weight excluding hydrogens is 600 g/mol. The number of aldehydes is 2. The zero-order valence-electron chi connectivity index (χ0n) is 26.7. The summed E-state index contributed by atoms with van der Waals surface area (Å²) in [7, 11) is 1.30. The summed E-state index contributed by atoms with van der Waals surface area (Å²) in [5.41, 5.74) is 0.363. The molecule has 1 amide bonds. The van der Waals surface area contributed by atoms with Gasteiger partial charge in [-0.15, -0.1) is 0 Å². The van der Waals surface area contributed by atoms with Gasteiger partial charge < -0.3 is 33.9 Å². The highest BCUT2D eigenvalue weighted by Gasteiger charge is 2.40. The molecule has 0 spiro atoms. The molecule has 0 aliphatic rings. The molecule has 1 aromatic carbocycles. The summed E-state index contributed by atoms with van der Waals surface area (Å²) in [5, 5.41) is 2.34. The number of pyridine rings is 1. The van der Waals surface area contributed by atoms with Crippen molar-refractivity contribution in [1.82, 2.24) is 10.3 Å². The highest BCUT2D eigenvalue weighted by atomic mass is 16.7. The second kappa shape index (κ2) is 18.1. The van der Waals surface area contributed by atoms with E-state index in [0.717, 1.165) is 5.56 Å². The smallest absolute Gasteiger partial charge is 0.311 e. The van der Waals surface area contributed by atoms with E-state index in [1.807, 2.05) is 0 Å². The first kappa shape index (κ1) is 37.2. The van der Waals surface area contributed by atoms with Gasteiger partial charge in [-0.2, -0.15) is 0 Å². The van der Waals surface area contributed by atoms with Crippen molar-refractivity contribution in [1.29, 1.82) is 0 Å². The molecule has 2 aromatic rings. The lowest BCUT2D eigenvalue weighted by Crippen LogP contribution is -2.49. The maximum atomic E-state index is 13.5. The Bertz CT molecular complexity index is 1390. The molecule has 0 bridgehead atoms. The van der Waals surface area contributed by atoms with Gasteiger partial charge in [0.15, 0.2) is 17.2 Å². The second-order valence-electron chi connectivity index (χ2n) is 11.1. The Balaban J connectivity index is 2.34. The van der Waals surface area contributed by atoms with Gasteiger partial charge in [0.2, 0.25) is 18.4 Å². The van der Waals surface area contributed by atoms with Gasteiger partial charge >= 0.3 is 11.9 Å². The lowest BCUT2D eigenvalue weighted by atomic mass is 9.83. The third-order valence-corrected chi connectivity index (χ3v) is 6.92. The topological polar surface area (TPSA) is 181 Å². The average Bonchev–Trinajstić information content (AvgIpc) is 3.05. The predicted octanol–water partition coefficient (Wildman–Crippen LogP) is 2.71. The summed E-state index contributed by atoms with van der Waals surface area (Å²) in [6, 6.07) is 8.61. The maximum absolute atomic E-state index is 13.5. The van der Waals surface area contributed by atoms with E-state index in [0.29, 0.717) is 12.6 Å². The second-order valence-corrected chi connectivity index (χ2v) is 11.1. The van der Waals surface area contributed by atoms with Gasteiger partial charge in [-0.3, -0.25) is 24.0 Å². The number of carbonyl (C=O) groups is 7. The van der Waals surface area contributed by atoms with E-state index in [1.165, 1.54) is 26.3 Å². The number of ketones is 2. The van der Waals surface area contributed by atoms with E-state index in [9.17, 15) is 33.6 Å². The molecule has 248 valence electrons. The van der Waals surface area contributed by atoms with Crippen LogP contribution in [-0.4, -0.2) is 73.0 Å². The van der Waals surface area contributed by atoms with Crippen LogP contribution in [0.5, 0.6) is 11.5 Å². The summed E-state index contributed by atoms with van der Waals surface area (Å²) < 4.78 is 21.3. The molecule has 4 unspecified atom stereocenters. The Morgan fingerprint density at radius 2 is 1.54 bits per heavy atom. The van der Waals surface area contributed by atoms with Crippen molar-refractivity contribution < 1.29 is 52.5 Å². The van der Waals surface area contributed by atoms with Gasteiger partial charge in [0, 0.05) is 18.7 Å². The number of amides is 1. The number of ether oxygens (including phenoxy) is 4. The zero-order valence-corrected chi connectivity index (χ0v) is 26.7. The van der Waals surface area contributed by atoms with E-state index in [4.69, 9.17) is 18.9 Å². The van der Waals surface area contributed by atoms with Gasteiger partial charge in [-0.1, -0.05) is 65.0 Å². The lowest BCUT2D eigenvalue weighted by Gasteiger charge is -2.29. The maximum Gasteiger partial charge on any atom is 0.311 e. The molecule has 46 heavy (non-hydrogen) atoms. The average molecular weight is 641 g/mol. The SMILES string of the molecule is COc1ccnc(C(=O)NC(CC=O)C(=O)C(=O)C(C)C(OC(=O)C(C)C)C(C=O)Cc2ccccc2)c1OCOC(=O)C(C)C. The van der Waals surface area contributed by atoms with Crippen LogP contribution in [-0.2, 0) is 44.7 Å². The number of benzene rings is 1. The number of aromatic nitrogens is 1. The minimum Gasteiger partial charge on any atom is -0.493 e. The quantitative estimate of drug-likeness (QED) is 0.103. The number of rotatable bonds is 19. The van der Waals surface area contributed by atoms with Gasteiger partial charge in [0.25, 0.3) is 5.91 Å². The van der Waals surface area contributed by atoms with Gasteiger partial charge in [0.05, 0.1) is 30.8 Å². The number of nitrogens with one attached hydrogen (secondary N) is 1. The summed E-state index contributed by atoms with van der Waals surface area (Å²) in [6.45, 7) is 7.17. The summed E-state index contributed by atoms with van der Waals surface area (Å²) in [6.07, 6.45) is 0.376. The Labute approximate surface area is 267 Å². The normalized spacial score (nSPS) is 13.5. The summed E-state index contributed by atoms with van der Waals surface area (Å²) >= 11 is 0. The molecule has 0 aliphatic heterocycles. The van der Waals surface area contributed by atoms with Crippen LogP contribution in [0.4, 0.5) is 0 Å². The molecule has 0 saturated carbocycles. The Hall–Kier alpha value is -4.94. The summed E-state index contributed by atoms with van der Waals surface area (Å²) in [5.74, 6) is -7.94. The van der Waals surface area contributed by atoms with Gasteiger partial charge in [-0.05, 0) is 12.0 Å². The van der Waals surface area contributed by atoms with Gasteiger partial charge in [-0.25, -0.2) is 4.98 Å². The molecule has 0 aliphatic carbocycles. The molecule has 1 heterocycles. The van der Waals surface area contributed by atoms with Gasteiger partial charge in [0.1, 0.15) is 24.7 Å². The van der Waals surface area contributed by atoms with Crippen LogP contribution in [0.1, 0.15) is 57.1 Å². The fourth-order valence-electron chi connectivity index (χ4n) is 4.26. The first-order valence-corrected chi connectivity index (χ1v) is 14.7. The lowest BCUT2D eigenvalue weighted by molar-refractivity contribution is -0.162. The standard InChI is InChI=1S/C33H40N2O11/c1-19(2)32(41)45-18-44-30-25(43-6)12-14-34-26(30)31(40)35-24(13-15-36)28(39)27(38)21(5)29(46-33(42)20(3)4)23(17-37)16-22-10-8-7-9-11-22/h7-12,14-15,17,19-21,23-24,29H,13,16,18H2,1-6H3,(H,35,40). The molecule has 0 saturated heterocycles. The van der Waals surface area contributed by atoms with E-state index < -0.39 is 78.4 Å². The Morgan fingerprint density at radius 3 is 2.11 bits per heavy atom. The first-order valence-electron chi connectivity index (χ1n) is 14.7. The van der Waals surface area contributed by atoms with Crippen molar-refractivity contribution in [2.45, 2.75) is 59.6 Å². The number of esters is 2. The minimum atomic E-state index is -1.63. The van der Waals surface area contributed by atoms with Crippen LogP contribution in [0.3, 0.4) is 0 Å². The summed E-state index contributed by atoms with van der Waals surface area (Å²) in [4.78, 5) is 92.5. The number of Topliss-reactive ketones (excluding diaryl/α,β-unsaturated/α-hetero) is 2. The number of nitrogens with zero attached hydrogens (tertiary/aromatic N) is 1. The van der Waals surface area contributed by atoms with Crippen molar-refractivity contribution in [3.63, 3.8) is 0 Å². The van der Waals surface area contributed by atoms with E-state index in [2.05, 4.69) is 10.3 Å². The predicted molar refractivity (Wildman–Crippen MR) is 163 cm³/mol. The van der Waals surface area contributed by atoms with Crippen LogP contribution in [0.25, 0.3) is 0 Å². The molecular formula is C33H40N2O11. The molecule has 13 nitrogen and oxygen atoms in total. The van der Waals surface area contributed by atoms with Crippen molar-refractivity contribution in [2.24, 2.45) is 23.7 Å². The first-order chi connectivity index (χ1) is 21.9. The molecule has 1 aromatic heterocycles. The zero-order chi connectivity index (χ0) is 34.4. The Morgan fingerprint density at radius 1 is 0.891 bits per heavy atom. The van der Waals surface area contributed by atoms with Crippen molar-refractivity contribution in [2.75, 3.05) is 13.9 Å². The fourth-order valence-corrected chi connectivity index (χ4v) is 4.26. The number of hydrogen-bond donors (Lipinski definition) is 1. The highest BCUT2D eigenvalue weighted by Crippen LogP contribution is 2.30. The van der Waals surface area contributed by atoms with Crippen LogP contribution >= 0.6 is 0 Å². The third kappa shape index (κ3) is 10.3. The largest absolute Gasteiger partial charge is 0.493 e. The molecule has 13 heteroatoms. The monoisotopic (exact) mass is 640 g/mol. The number of hydrogen-bond acceptors (Lipinski definition) is 12. The van der Waals surface area contributed by atoms with Crippen LogP contribution in [0.15, 0.2) is 42.6 Å². The van der Waals surface area contributed by atoms with E-state index >= 15 is 0 Å².